The second-order valence-electron chi connectivity index (χ2n) is 13.1. The minimum absolute atomic E-state index is 0.373. The van der Waals surface area contributed by atoms with Gasteiger partial charge in [-0.25, -0.2) is 8.42 Å². The smallest absolute Gasteiger partial charge is 0.319 e. The molecule has 3 fully saturated rings. The highest BCUT2D eigenvalue weighted by atomic mass is 32.2. The lowest BCUT2D eigenvalue weighted by Crippen LogP contribution is -2.51. The molecular formula is C35H40N6O3S. The number of likely N-dealkylation sites (N-methyl/N-ethyl adjacent to an activating group) is 1. The Bertz CT molecular complexity index is 1840. The largest absolute Gasteiger partial charge is 0.462 e. The van der Waals surface area contributed by atoms with Gasteiger partial charge in [0.05, 0.1) is 5.52 Å². The number of fused-ring (bicyclic) bond motifs is 4. The summed E-state index contributed by atoms with van der Waals surface area (Å²) >= 11 is 0. The number of hydrogen-bond donors (Lipinski definition) is 2. The van der Waals surface area contributed by atoms with E-state index < -0.39 is 15.3 Å². The van der Waals surface area contributed by atoms with E-state index in [0.717, 1.165) is 71.5 Å². The molecule has 1 aliphatic carbocycles. The van der Waals surface area contributed by atoms with E-state index in [1.807, 2.05) is 48.5 Å². The fourth-order valence-corrected chi connectivity index (χ4v) is 9.34. The molecular weight excluding hydrogens is 584 g/mol. The van der Waals surface area contributed by atoms with Gasteiger partial charge in [0.15, 0.2) is 0 Å². The molecule has 3 aliphatic heterocycles. The SMILES string of the molecule is CN1CCC[C@H]1COc1nc(N2C[C@H]3CC[C@@H](C2)N3)c2ccc(-c3cccc(NS(=O)(=O)C4CCc5ccccc54)c3)cc2n1. The molecule has 1 unspecified atom stereocenters. The number of hydrogen-bond acceptors (Lipinski definition) is 8. The first-order chi connectivity index (χ1) is 21.9. The molecule has 3 aromatic carbocycles. The molecule has 2 N–H and O–H groups in total. The Labute approximate surface area is 265 Å². The van der Waals surface area contributed by atoms with Crippen molar-refractivity contribution in [3.05, 3.63) is 77.9 Å². The van der Waals surface area contributed by atoms with E-state index in [2.05, 4.69) is 45.1 Å². The van der Waals surface area contributed by atoms with Gasteiger partial charge in [0.2, 0.25) is 10.0 Å². The summed E-state index contributed by atoms with van der Waals surface area (Å²) in [5.74, 6) is 0.929. The maximum Gasteiger partial charge on any atom is 0.319 e. The van der Waals surface area contributed by atoms with Crippen molar-refractivity contribution in [1.29, 1.82) is 0 Å². The molecule has 4 atom stereocenters. The van der Waals surface area contributed by atoms with E-state index in [-0.39, 0.29) is 0 Å². The Morgan fingerprint density at radius 1 is 0.933 bits per heavy atom. The number of anilines is 2. The second kappa shape index (κ2) is 11.6. The van der Waals surface area contributed by atoms with Crippen molar-refractivity contribution >= 4 is 32.4 Å². The predicted octanol–water partition coefficient (Wildman–Crippen LogP) is 5.14. The van der Waals surface area contributed by atoms with Crippen LogP contribution in [0.5, 0.6) is 6.01 Å². The topological polar surface area (TPSA) is 99.7 Å². The Kier molecular flexibility index (Phi) is 7.38. The van der Waals surface area contributed by atoms with E-state index in [0.29, 0.717) is 42.9 Å². The van der Waals surface area contributed by atoms with E-state index in [9.17, 15) is 8.42 Å². The van der Waals surface area contributed by atoms with Crippen LogP contribution in [0.3, 0.4) is 0 Å². The van der Waals surface area contributed by atoms with Gasteiger partial charge in [-0.1, -0.05) is 42.5 Å². The van der Waals surface area contributed by atoms with Crippen LogP contribution in [0.25, 0.3) is 22.0 Å². The first-order valence-corrected chi connectivity index (χ1v) is 17.8. The first-order valence-electron chi connectivity index (χ1n) is 16.3. The Morgan fingerprint density at radius 2 is 1.76 bits per heavy atom. The summed E-state index contributed by atoms with van der Waals surface area (Å²) in [6, 6.07) is 23.5. The van der Waals surface area contributed by atoms with Crippen molar-refractivity contribution in [2.24, 2.45) is 0 Å². The number of benzene rings is 3. The van der Waals surface area contributed by atoms with E-state index in [1.165, 1.54) is 19.3 Å². The summed E-state index contributed by atoms with van der Waals surface area (Å²) in [6.07, 6.45) is 6.07. The summed E-state index contributed by atoms with van der Waals surface area (Å²) in [7, 11) is -1.46. The zero-order valence-electron chi connectivity index (χ0n) is 25.7. The zero-order valence-corrected chi connectivity index (χ0v) is 26.5. The number of ether oxygens (including phenoxy) is 1. The Morgan fingerprint density at radius 3 is 2.58 bits per heavy atom. The molecule has 10 heteroatoms. The highest BCUT2D eigenvalue weighted by Gasteiger charge is 2.35. The molecule has 4 aliphatic rings. The van der Waals surface area contributed by atoms with Crippen LogP contribution in [0.4, 0.5) is 11.5 Å². The van der Waals surface area contributed by atoms with Crippen LogP contribution < -0.4 is 19.7 Å². The number of rotatable bonds is 8. The van der Waals surface area contributed by atoms with Crippen molar-refractivity contribution in [1.82, 2.24) is 20.2 Å². The maximum atomic E-state index is 13.5. The van der Waals surface area contributed by atoms with E-state index in [1.54, 1.807) is 0 Å². The van der Waals surface area contributed by atoms with Crippen LogP contribution in [0.2, 0.25) is 0 Å². The average Bonchev–Trinajstić information content (AvgIpc) is 3.77. The lowest BCUT2D eigenvalue weighted by Gasteiger charge is -2.34. The monoisotopic (exact) mass is 624 g/mol. The minimum Gasteiger partial charge on any atom is -0.462 e. The van der Waals surface area contributed by atoms with Crippen LogP contribution >= 0.6 is 0 Å². The number of sulfonamides is 1. The molecule has 2 bridgehead atoms. The molecule has 0 amide bonds. The number of aromatic nitrogens is 2. The third kappa shape index (κ3) is 5.64. The van der Waals surface area contributed by atoms with Crippen molar-refractivity contribution in [3.8, 4) is 17.1 Å². The fourth-order valence-electron chi connectivity index (χ4n) is 7.75. The van der Waals surface area contributed by atoms with Crippen molar-refractivity contribution in [3.63, 3.8) is 0 Å². The highest BCUT2D eigenvalue weighted by molar-refractivity contribution is 7.93. The van der Waals surface area contributed by atoms with E-state index >= 15 is 0 Å². The van der Waals surface area contributed by atoms with Gasteiger partial charge in [-0.05, 0) is 98.6 Å². The fraction of sp³-hybridized carbons (Fsp3) is 0.429. The van der Waals surface area contributed by atoms with Gasteiger partial charge in [0.1, 0.15) is 17.7 Å². The van der Waals surface area contributed by atoms with Crippen molar-refractivity contribution in [2.45, 2.75) is 61.9 Å². The number of aryl methyl sites for hydroxylation is 1. The summed E-state index contributed by atoms with van der Waals surface area (Å²) < 4.78 is 36.1. The first kappa shape index (κ1) is 28.7. The molecule has 8 rings (SSSR count). The van der Waals surface area contributed by atoms with Crippen molar-refractivity contribution < 1.29 is 13.2 Å². The zero-order chi connectivity index (χ0) is 30.5. The lowest BCUT2D eigenvalue weighted by atomic mass is 10.0. The summed E-state index contributed by atoms with van der Waals surface area (Å²) in [5, 5.41) is 4.18. The van der Waals surface area contributed by atoms with Gasteiger partial charge in [-0.2, -0.15) is 9.97 Å². The van der Waals surface area contributed by atoms with Crippen LogP contribution in [0.1, 0.15) is 48.5 Å². The van der Waals surface area contributed by atoms with Gasteiger partial charge in [-0.15, -0.1) is 0 Å². The third-order valence-corrected chi connectivity index (χ3v) is 11.9. The normalized spacial score (nSPS) is 24.7. The number of nitrogens with one attached hydrogen (secondary N) is 2. The summed E-state index contributed by atoms with van der Waals surface area (Å²) in [6.45, 7) is 3.50. The quantitative estimate of drug-likeness (QED) is 0.278. The predicted molar refractivity (Wildman–Crippen MR) is 178 cm³/mol. The molecule has 4 aromatic rings. The molecule has 45 heavy (non-hydrogen) atoms. The summed E-state index contributed by atoms with van der Waals surface area (Å²) in [5.41, 5.74) is 5.28. The highest BCUT2D eigenvalue weighted by Crippen LogP contribution is 2.38. The van der Waals surface area contributed by atoms with Gasteiger partial charge >= 0.3 is 6.01 Å². The molecule has 234 valence electrons. The molecule has 4 heterocycles. The van der Waals surface area contributed by atoms with Crippen LogP contribution in [0, 0.1) is 0 Å². The molecule has 0 radical (unpaired) electrons. The second-order valence-corrected chi connectivity index (χ2v) is 15.0. The maximum absolute atomic E-state index is 13.5. The van der Waals surface area contributed by atoms with Gasteiger partial charge in [0, 0.05) is 42.3 Å². The minimum atomic E-state index is -3.61. The molecule has 0 spiro atoms. The summed E-state index contributed by atoms with van der Waals surface area (Å²) in [4.78, 5) is 14.6. The van der Waals surface area contributed by atoms with Gasteiger partial charge < -0.3 is 19.9 Å². The van der Waals surface area contributed by atoms with Crippen molar-refractivity contribution in [2.75, 3.05) is 42.9 Å². The molecule has 0 saturated carbocycles. The van der Waals surface area contributed by atoms with Crippen LogP contribution in [0.15, 0.2) is 66.7 Å². The molecule has 3 saturated heterocycles. The number of nitrogens with zero attached hydrogens (tertiary/aromatic N) is 4. The van der Waals surface area contributed by atoms with Gasteiger partial charge in [0.25, 0.3) is 0 Å². The Balaban J connectivity index is 1.10. The van der Waals surface area contributed by atoms with Gasteiger partial charge in [-0.3, -0.25) is 4.72 Å². The average molecular weight is 625 g/mol. The lowest BCUT2D eigenvalue weighted by molar-refractivity contribution is 0.188. The Hall–Kier alpha value is -3.73. The number of likely N-dealkylation sites (tertiary alicyclic amines) is 1. The van der Waals surface area contributed by atoms with Crippen LogP contribution in [-0.2, 0) is 16.4 Å². The van der Waals surface area contributed by atoms with E-state index in [4.69, 9.17) is 14.7 Å². The molecule has 9 nitrogen and oxygen atoms in total. The number of piperazine rings is 1. The standard InChI is InChI=1S/C35H40N6O3S/c1-40-17-5-9-29(40)22-44-35-37-32-19-25(11-15-31(32)34(38-35)41-20-27-13-14-28(21-41)36-27)24-7-4-8-26(18-24)39-45(42,43)33-16-12-23-6-2-3-10-30(23)33/h2-4,6-8,10-11,15,18-19,27-29,33,36,39H,5,9,12-14,16-17,20-22H2,1H3/t27-,28+,29-,33?/m0/s1. The van der Waals surface area contributed by atoms with Crippen LogP contribution in [-0.4, -0.2) is 74.7 Å². The third-order valence-electron chi connectivity index (χ3n) is 10.2. The molecule has 1 aromatic heterocycles.